The van der Waals surface area contributed by atoms with E-state index in [0.29, 0.717) is 17.9 Å². The zero-order valence-electron chi connectivity index (χ0n) is 15.8. The molecule has 2 amide bonds. The third kappa shape index (κ3) is 3.72. The lowest BCUT2D eigenvalue weighted by Gasteiger charge is -2.33. The van der Waals surface area contributed by atoms with Gasteiger partial charge in [0.15, 0.2) is 6.10 Å². The number of aromatic nitrogens is 1. The largest absolute Gasteiger partial charge is 0.478 e. The maximum absolute atomic E-state index is 12.8. The van der Waals surface area contributed by atoms with Gasteiger partial charge in [0.1, 0.15) is 17.3 Å². The highest BCUT2D eigenvalue weighted by Crippen LogP contribution is 2.39. The first kappa shape index (κ1) is 19.1. The van der Waals surface area contributed by atoms with Crippen molar-refractivity contribution in [2.75, 3.05) is 11.4 Å². The number of anilines is 1. The van der Waals surface area contributed by atoms with Crippen LogP contribution in [0.15, 0.2) is 53.9 Å². The van der Waals surface area contributed by atoms with E-state index in [0.717, 1.165) is 21.8 Å². The second kappa shape index (κ2) is 8.02. The zero-order chi connectivity index (χ0) is 20.4. The minimum absolute atomic E-state index is 0.169. The van der Waals surface area contributed by atoms with Gasteiger partial charge in [0.2, 0.25) is 0 Å². The molecule has 4 rings (SSSR count). The topological polar surface area (TPSA) is 97.6 Å². The smallest absolute Gasteiger partial charge is 0.268 e. The average molecular weight is 408 g/mol. The van der Waals surface area contributed by atoms with Crippen molar-refractivity contribution in [1.29, 1.82) is 0 Å². The van der Waals surface area contributed by atoms with Crippen LogP contribution in [-0.2, 0) is 9.59 Å². The van der Waals surface area contributed by atoms with E-state index >= 15 is 0 Å². The number of ether oxygens (including phenoxy) is 1. The van der Waals surface area contributed by atoms with Crippen molar-refractivity contribution >= 4 is 28.8 Å². The Bertz CT molecular complexity index is 1050. The van der Waals surface area contributed by atoms with Crippen molar-refractivity contribution in [3.63, 3.8) is 0 Å². The minimum Gasteiger partial charge on any atom is -0.478 e. The van der Waals surface area contributed by atoms with Crippen molar-refractivity contribution in [2.45, 2.75) is 19.4 Å². The fourth-order valence-electron chi connectivity index (χ4n) is 3.21. The molecule has 1 aliphatic heterocycles. The number of carbonyl (C=O) groups excluding carboxylic acids is 2. The molecule has 2 aromatic carbocycles. The van der Waals surface area contributed by atoms with Gasteiger partial charge in [-0.15, -0.1) is 11.3 Å². The summed E-state index contributed by atoms with van der Waals surface area (Å²) in [4.78, 5) is 30.8. The lowest BCUT2D eigenvalue weighted by molar-refractivity contribution is -0.129. The molecule has 0 radical (unpaired) electrons. The summed E-state index contributed by atoms with van der Waals surface area (Å²) in [5.41, 5.74) is 5.30. The van der Waals surface area contributed by atoms with E-state index in [4.69, 9.17) is 15.6 Å². The Morgan fingerprint density at radius 3 is 2.76 bits per heavy atom. The molecule has 8 heteroatoms. The van der Waals surface area contributed by atoms with Gasteiger partial charge in [-0.3, -0.25) is 19.9 Å². The molecule has 3 aromatic rings. The highest BCUT2D eigenvalue weighted by molar-refractivity contribution is 7.13. The van der Waals surface area contributed by atoms with Crippen LogP contribution in [0.5, 0.6) is 5.75 Å². The van der Waals surface area contributed by atoms with Gasteiger partial charge in [0.25, 0.3) is 11.8 Å². The molecule has 1 aromatic heterocycles. The predicted molar refractivity (Wildman–Crippen MR) is 112 cm³/mol. The molecule has 1 aliphatic rings. The quantitative estimate of drug-likeness (QED) is 0.384. The standard InChI is InChI=1S/C21H20N4O3S/c1-2-17-21(27)25(11-19(26)24-22)16-10-14(8-9-18(16)28-17)15-12-29-20(23-15)13-6-4-3-5-7-13/h3-10,12,17H,2,11,22H2,1H3,(H,24,26). The first-order chi connectivity index (χ1) is 14.1. The Morgan fingerprint density at radius 2 is 2.03 bits per heavy atom. The van der Waals surface area contributed by atoms with Crippen LogP contribution in [0.4, 0.5) is 5.69 Å². The number of amides is 2. The maximum atomic E-state index is 12.8. The number of hydrogen-bond donors (Lipinski definition) is 2. The second-order valence-electron chi connectivity index (χ2n) is 6.59. The molecule has 2 heterocycles. The number of carbonyl (C=O) groups is 2. The van der Waals surface area contributed by atoms with Crippen LogP contribution >= 0.6 is 11.3 Å². The van der Waals surface area contributed by atoms with E-state index in [1.54, 1.807) is 11.3 Å². The number of hydrazine groups is 1. The predicted octanol–water partition coefficient (Wildman–Crippen LogP) is 2.97. The van der Waals surface area contributed by atoms with E-state index in [1.165, 1.54) is 4.90 Å². The Morgan fingerprint density at radius 1 is 1.24 bits per heavy atom. The fourth-order valence-corrected chi connectivity index (χ4v) is 4.05. The number of fused-ring (bicyclic) bond motifs is 1. The first-order valence-corrected chi connectivity index (χ1v) is 10.1. The van der Waals surface area contributed by atoms with E-state index < -0.39 is 12.0 Å². The zero-order valence-corrected chi connectivity index (χ0v) is 16.6. The fraction of sp³-hybridized carbons (Fsp3) is 0.190. The molecule has 0 bridgehead atoms. The Balaban J connectivity index is 1.71. The molecule has 29 heavy (non-hydrogen) atoms. The number of nitrogens with two attached hydrogens (primary N) is 1. The second-order valence-corrected chi connectivity index (χ2v) is 7.45. The number of rotatable bonds is 5. The van der Waals surface area contributed by atoms with Gasteiger partial charge in [-0.1, -0.05) is 37.3 Å². The van der Waals surface area contributed by atoms with E-state index in [9.17, 15) is 9.59 Å². The van der Waals surface area contributed by atoms with E-state index in [-0.39, 0.29) is 12.5 Å². The van der Waals surface area contributed by atoms with Gasteiger partial charge in [-0.25, -0.2) is 10.8 Å². The summed E-state index contributed by atoms with van der Waals surface area (Å²) in [6, 6.07) is 15.5. The van der Waals surface area contributed by atoms with Gasteiger partial charge in [0.05, 0.1) is 11.4 Å². The SMILES string of the molecule is CCC1Oc2ccc(-c3csc(-c4ccccc4)n3)cc2N(CC(=O)NN)C1=O. The molecule has 7 nitrogen and oxygen atoms in total. The molecule has 0 fully saturated rings. The van der Waals surface area contributed by atoms with Gasteiger partial charge in [0, 0.05) is 16.5 Å². The van der Waals surface area contributed by atoms with Crippen LogP contribution in [0.2, 0.25) is 0 Å². The average Bonchev–Trinajstić information content (AvgIpc) is 3.26. The number of benzene rings is 2. The summed E-state index contributed by atoms with van der Waals surface area (Å²) < 4.78 is 5.83. The van der Waals surface area contributed by atoms with Crippen molar-refractivity contribution in [2.24, 2.45) is 5.84 Å². The van der Waals surface area contributed by atoms with Crippen LogP contribution in [0, 0.1) is 0 Å². The number of thiazole rings is 1. The van der Waals surface area contributed by atoms with Gasteiger partial charge in [-0.05, 0) is 24.6 Å². The van der Waals surface area contributed by atoms with Crippen molar-refractivity contribution in [1.82, 2.24) is 10.4 Å². The van der Waals surface area contributed by atoms with Crippen molar-refractivity contribution < 1.29 is 14.3 Å². The molecule has 0 saturated heterocycles. The van der Waals surface area contributed by atoms with Crippen LogP contribution < -0.4 is 20.9 Å². The molecule has 1 unspecified atom stereocenters. The highest BCUT2D eigenvalue weighted by Gasteiger charge is 2.34. The normalized spacial score (nSPS) is 15.6. The van der Waals surface area contributed by atoms with E-state index in [1.807, 2.05) is 60.8 Å². The van der Waals surface area contributed by atoms with Crippen LogP contribution in [-0.4, -0.2) is 29.4 Å². The molecular formula is C21H20N4O3S. The van der Waals surface area contributed by atoms with Crippen LogP contribution in [0.3, 0.4) is 0 Å². The van der Waals surface area contributed by atoms with Crippen LogP contribution in [0.1, 0.15) is 13.3 Å². The Kier molecular flexibility index (Phi) is 5.28. The summed E-state index contributed by atoms with van der Waals surface area (Å²) in [6.07, 6.45) is -0.115. The Hall–Kier alpha value is -3.23. The molecule has 148 valence electrons. The summed E-state index contributed by atoms with van der Waals surface area (Å²) in [5, 5.41) is 2.89. The van der Waals surface area contributed by atoms with Crippen molar-refractivity contribution in [3.05, 3.63) is 53.9 Å². The minimum atomic E-state index is -0.622. The number of nitrogens with zero attached hydrogens (tertiary/aromatic N) is 2. The van der Waals surface area contributed by atoms with Crippen LogP contribution in [0.25, 0.3) is 21.8 Å². The third-order valence-corrected chi connectivity index (χ3v) is 5.61. The molecule has 0 saturated carbocycles. The molecule has 0 spiro atoms. The molecular weight excluding hydrogens is 388 g/mol. The number of nitrogens with one attached hydrogen (secondary N) is 1. The summed E-state index contributed by atoms with van der Waals surface area (Å²) in [5.74, 6) is 5.07. The highest BCUT2D eigenvalue weighted by atomic mass is 32.1. The molecule has 1 atom stereocenters. The summed E-state index contributed by atoms with van der Waals surface area (Å²) in [6.45, 7) is 1.70. The first-order valence-electron chi connectivity index (χ1n) is 9.23. The van der Waals surface area contributed by atoms with Crippen molar-refractivity contribution in [3.8, 4) is 27.6 Å². The van der Waals surface area contributed by atoms with E-state index in [2.05, 4.69) is 5.43 Å². The summed E-state index contributed by atoms with van der Waals surface area (Å²) in [7, 11) is 0. The van der Waals surface area contributed by atoms with Gasteiger partial charge < -0.3 is 4.74 Å². The number of hydrogen-bond acceptors (Lipinski definition) is 6. The molecule has 0 aliphatic carbocycles. The summed E-state index contributed by atoms with van der Waals surface area (Å²) >= 11 is 1.55. The monoisotopic (exact) mass is 408 g/mol. The third-order valence-electron chi connectivity index (χ3n) is 4.71. The molecule has 3 N–H and O–H groups in total. The maximum Gasteiger partial charge on any atom is 0.268 e. The Labute approximate surface area is 172 Å². The lowest BCUT2D eigenvalue weighted by Crippen LogP contribution is -2.50. The van der Waals surface area contributed by atoms with Gasteiger partial charge >= 0.3 is 0 Å². The van der Waals surface area contributed by atoms with Gasteiger partial charge in [-0.2, -0.15) is 0 Å². The lowest BCUT2D eigenvalue weighted by atomic mass is 10.1.